The summed E-state index contributed by atoms with van der Waals surface area (Å²) in [6.07, 6.45) is 1.67. The maximum atomic E-state index is 11.1. The largest absolute Gasteiger partial charge is 0.340 e. The minimum atomic E-state index is 0.00167. The predicted octanol–water partition coefficient (Wildman–Crippen LogP) is 2.33. The van der Waals surface area contributed by atoms with Crippen LogP contribution in [0.25, 0.3) is 11.0 Å². The summed E-state index contributed by atoms with van der Waals surface area (Å²) in [5.74, 6) is 0.852. The molecule has 0 aliphatic carbocycles. The molecule has 0 bridgehead atoms. The first-order chi connectivity index (χ1) is 8.69. The molecule has 1 fully saturated rings. The molecule has 1 aliphatic rings. The minimum Gasteiger partial charge on any atom is -0.340 e. The third-order valence-corrected chi connectivity index (χ3v) is 3.47. The molecule has 1 saturated heterocycles. The minimum absolute atomic E-state index is 0.00167. The molecule has 18 heavy (non-hydrogen) atoms. The van der Waals surface area contributed by atoms with E-state index in [4.69, 9.17) is 0 Å². The number of aryl methyl sites for hydroxylation is 1. The lowest BCUT2D eigenvalue weighted by molar-refractivity contribution is -0.118. The maximum absolute atomic E-state index is 11.1. The Kier molecular flexibility index (Phi) is 2.44. The van der Waals surface area contributed by atoms with Crippen LogP contribution in [0.4, 0.5) is 0 Å². The van der Waals surface area contributed by atoms with Gasteiger partial charge in [-0.15, -0.1) is 0 Å². The van der Waals surface area contributed by atoms with Crippen LogP contribution < -0.4 is 0 Å². The van der Waals surface area contributed by atoms with Crippen LogP contribution in [0, 0.1) is 6.92 Å². The number of nitrogens with one attached hydrogen (secondary N) is 1. The van der Waals surface area contributed by atoms with E-state index in [0.29, 0.717) is 6.54 Å². The number of fused-ring (bicyclic) bond motifs is 1. The Labute approximate surface area is 105 Å². The number of likely N-dealkylation sites (tertiary alicyclic amines) is 1. The van der Waals surface area contributed by atoms with Crippen LogP contribution in [0.15, 0.2) is 30.4 Å². The number of rotatable bonds is 2. The first kappa shape index (κ1) is 11.0. The van der Waals surface area contributed by atoms with Crippen molar-refractivity contribution in [2.24, 2.45) is 0 Å². The Morgan fingerprint density at radius 2 is 2.39 bits per heavy atom. The zero-order chi connectivity index (χ0) is 12.7. The molecule has 0 radical (unpaired) electrons. The summed E-state index contributed by atoms with van der Waals surface area (Å²) in [4.78, 5) is 20.7. The SMILES string of the molecule is C=C1C[C@@H](c2nc3c(C)cccc3[nH]2)N(C=O)C1. The zero-order valence-corrected chi connectivity index (χ0v) is 10.3. The average Bonchev–Trinajstić information content (AvgIpc) is 2.92. The molecule has 1 aromatic carbocycles. The zero-order valence-electron chi connectivity index (χ0n) is 10.3. The molecule has 1 aliphatic heterocycles. The van der Waals surface area contributed by atoms with Crippen molar-refractivity contribution in [3.05, 3.63) is 41.7 Å². The Morgan fingerprint density at radius 1 is 1.56 bits per heavy atom. The van der Waals surface area contributed by atoms with Gasteiger partial charge in [0.2, 0.25) is 6.41 Å². The lowest BCUT2D eigenvalue weighted by Gasteiger charge is -2.16. The fraction of sp³-hybridized carbons (Fsp3) is 0.286. The first-order valence-corrected chi connectivity index (χ1v) is 6.02. The maximum Gasteiger partial charge on any atom is 0.210 e. The number of nitrogens with zero attached hydrogens (tertiary/aromatic N) is 2. The highest BCUT2D eigenvalue weighted by molar-refractivity contribution is 5.78. The number of carbonyl (C=O) groups excluding carboxylic acids is 1. The van der Waals surface area contributed by atoms with Gasteiger partial charge in [-0.3, -0.25) is 4.79 Å². The fourth-order valence-electron chi connectivity index (χ4n) is 2.54. The summed E-state index contributed by atoms with van der Waals surface area (Å²) in [5, 5.41) is 0. The second kappa shape index (κ2) is 3.98. The highest BCUT2D eigenvalue weighted by Gasteiger charge is 2.29. The smallest absolute Gasteiger partial charge is 0.210 e. The van der Waals surface area contributed by atoms with Crippen LogP contribution in [-0.4, -0.2) is 27.8 Å². The van der Waals surface area contributed by atoms with Crippen molar-refractivity contribution in [1.82, 2.24) is 14.9 Å². The Balaban J connectivity index is 2.06. The molecule has 1 amide bonds. The molecule has 1 N–H and O–H groups in total. The van der Waals surface area contributed by atoms with Gasteiger partial charge in [0.25, 0.3) is 0 Å². The van der Waals surface area contributed by atoms with Crippen LogP contribution in [0.1, 0.15) is 23.9 Å². The molecular weight excluding hydrogens is 226 g/mol. The van der Waals surface area contributed by atoms with Gasteiger partial charge in [-0.25, -0.2) is 4.98 Å². The molecule has 4 heteroatoms. The van der Waals surface area contributed by atoms with Crippen LogP contribution in [0.2, 0.25) is 0 Å². The monoisotopic (exact) mass is 241 g/mol. The molecule has 2 aromatic rings. The number of H-pyrrole nitrogens is 1. The van der Waals surface area contributed by atoms with E-state index in [0.717, 1.165) is 40.8 Å². The summed E-state index contributed by atoms with van der Waals surface area (Å²) in [6, 6.07) is 6.05. The molecular formula is C14H15N3O. The standard InChI is InChI=1S/C14H15N3O/c1-9-6-12(17(7-9)8-18)14-15-11-5-3-4-10(2)13(11)16-14/h3-5,8,12H,1,6-7H2,2H3,(H,15,16)/t12-/m0/s1. The number of benzene rings is 1. The van der Waals surface area contributed by atoms with Crippen molar-refractivity contribution in [1.29, 1.82) is 0 Å². The van der Waals surface area contributed by atoms with Crippen LogP contribution in [0.5, 0.6) is 0 Å². The van der Waals surface area contributed by atoms with Gasteiger partial charge in [-0.2, -0.15) is 0 Å². The van der Waals surface area contributed by atoms with Gasteiger partial charge >= 0.3 is 0 Å². The number of hydrogen-bond acceptors (Lipinski definition) is 2. The van der Waals surface area contributed by atoms with E-state index < -0.39 is 0 Å². The van der Waals surface area contributed by atoms with Gasteiger partial charge in [0.1, 0.15) is 5.82 Å². The first-order valence-electron chi connectivity index (χ1n) is 6.02. The second-order valence-electron chi connectivity index (χ2n) is 4.84. The van der Waals surface area contributed by atoms with Gasteiger partial charge in [0, 0.05) is 6.54 Å². The highest BCUT2D eigenvalue weighted by Crippen LogP contribution is 2.32. The second-order valence-corrected chi connectivity index (χ2v) is 4.84. The molecule has 0 unspecified atom stereocenters. The lowest BCUT2D eigenvalue weighted by atomic mass is 10.2. The molecule has 1 aromatic heterocycles. The van der Waals surface area contributed by atoms with E-state index in [2.05, 4.69) is 16.5 Å². The third kappa shape index (κ3) is 1.61. The summed E-state index contributed by atoms with van der Waals surface area (Å²) in [5.41, 5.74) is 4.22. The average molecular weight is 241 g/mol. The summed E-state index contributed by atoms with van der Waals surface area (Å²) < 4.78 is 0. The number of carbonyl (C=O) groups is 1. The van der Waals surface area contributed by atoms with Crippen LogP contribution in [0.3, 0.4) is 0 Å². The van der Waals surface area contributed by atoms with Crippen molar-refractivity contribution in [3.63, 3.8) is 0 Å². The molecule has 0 spiro atoms. The fourth-order valence-corrected chi connectivity index (χ4v) is 2.54. The molecule has 0 saturated carbocycles. The van der Waals surface area contributed by atoms with E-state index in [1.165, 1.54) is 0 Å². The van der Waals surface area contributed by atoms with E-state index in [1.54, 1.807) is 4.90 Å². The van der Waals surface area contributed by atoms with Gasteiger partial charge in [0.15, 0.2) is 0 Å². The normalized spacial score (nSPS) is 19.7. The Bertz CT molecular complexity index is 629. The van der Waals surface area contributed by atoms with E-state index in [9.17, 15) is 4.79 Å². The molecule has 4 nitrogen and oxygen atoms in total. The number of hydrogen-bond donors (Lipinski definition) is 1. The number of aromatic nitrogens is 2. The lowest BCUT2D eigenvalue weighted by Crippen LogP contribution is -2.22. The van der Waals surface area contributed by atoms with E-state index in [1.807, 2.05) is 25.1 Å². The van der Waals surface area contributed by atoms with Gasteiger partial charge in [-0.05, 0) is 25.0 Å². The van der Waals surface area contributed by atoms with Crippen molar-refractivity contribution in [3.8, 4) is 0 Å². The molecule has 2 heterocycles. The van der Waals surface area contributed by atoms with Crippen LogP contribution >= 0.6 is 0 Å². The molecule has 1 atom stereocenters. The van der Waals surface area contributed by atoms with Crippen molar-refractivity contribution in [2.75, 3.05) is 6.54 Å². The van der Waals surface area contributed by atoms with E-state index >= 15 is 0 Å². The van der Waals surface area contributed by atoms with Crippen molar-refractivity contribution >= 4 is 17.4 Å². The highest BCUT2D eigenvalue weighted by atomic mass is 16.1. The predicted molar refractivity (Wildman–Crippen MR) is 70.1 cm³/mol. The summed E-state index contributed by atoms with van der Waals surface area (Å²) in [7, 11) is 0. The summed E-state index contributed by atoms with van der Waals surface area (Å²) >= 11 is 0. The van der Waals surface area contributed by atoms with Gasteiger partial charge in [-0.1, -0.05) is 24.3 Å². The van der Waals surface area contributed by atoms with E-state index in [-0.39, 0.29) is 6.04 Å². The third-order valence-electron chi connectivity index (χ3n) is 3.47. The van der Waals surface area contributed by atoms with Gasteiger partial charge in [0.05, 0.1) is 17.1 Å². The van der Waals surface area contributed by atoms with Crippen molar-refractivity contribution in [2.45, 2.75) is 19.4 Å². The Morgan fingerprint density at radius 3 is 3.11 bits per heavy atom. The van der Waals surface area contributed by atoms with Crippen LogP contribution in [-0.2, 0) is 4.79 Å². The Hall–Kier alpha value is -2.10. The number of imidazole rings is 1. The molecule has 92 valence electrons. The number of para-hydroxylation sites is 1. The van der Waals surface area contributed by atoms with Crippen molar-refractivity contribution < 1.29 is 4.79 Å². The van der Waals surface area contributed by atoms with Gasteiger partial charge < -0.3 is 9.88 Å². The number of aromatic amines is 1. The quantitative estimate of drug-likeness (QED) is 0.648. The topological polar surface area (TPSA) is 49.0 Å². The molecule has 3 rings (SSSR count). The number of amides is 1. The summed E-state index contributed by atoms with van der Waals surface area (Å²) in [6.45, 7) is 6.63.